The second-order valence-electron chi connectivity index (χ2n) is 5.05. The third-order valence-electron chi connectivity index (χ3n) is 3.41. The van der Waals surface area contributed by atoms with Crippen molar-refractivity contribution in [2.45, 2.75) is 13.0 Å². The Bertz CT molecular complexity index is 656. The standard InChI is InChI=1S/C18H18BrNO3/c1-23-17(21)11-12-20(13-14-5-3-2-4-6-14)18(22)15-7-9-16(19)10-8-15/h2-10H,11-13H2,1H3. The van der Waals surface area contributed by atoms with Crippen LogP contribution in [0.15, 0.2) is 59.1 Å². The average molecular weight is 376 g/mol. The van der Waals surface area contributed by atoms with Crippen molar-refractivity contribution in [3.8, 4) is 0 Å². The topological polar surface area (TPSA) is 46.6 Å². The van der Waals surface area contributed by atoms with Crippen molar-refractivity contribution < 1.29 is 14.3 Å². The number of benzene rings is 2. The Balaban J connectivity index is 2.15. The van der Waals surface area contributed by atoms with Crippen LogP contribution in [0.4, 0.5) is 0 Å². The van der Waals surface area contributed by atoms with Gasteiger partial charge >= 0.3 is 5.97 Å². The molecule has 120 valence electrons. The van der Waals surface area contributed by atoms with Crippen LogP contribution in [0, 0.1) is 0 Å². The second kappa shape index (κ2) is 8.48. The van der Waals surface area contributed by atoms with Gasteiger partial charge in [0.1, 0.15) is 0 Å². The zero-order valence-corrected chi connectivity index (χ0v) is 14.5. The van der Waals surface area contributed by atoms with E-state index >= 15 is 0 Å². The van der Waals surface area contributed by atoms with Gasteiger partial charge < -0.3 is 9.64 Å². The van der Waals surface area contributed by atoms with Gasteiger partial charge in [0.2, 0.25) is 0 Å². The van der Waals surface area contributed by atoms with Crippen molar-refractivity contribution in [3.63, 3.8) is 0 Å². The Hall–Kier alpha value is -2.14. The van der Waals surface area contributed by atoms with Gasteiger partial charge in [-0.2, -0.15) is 0 Å². The molecule has 0 radical (unpaired) electrons. The number of amides is 1. The van der Waals surface area contributed by atoms with Crippen molar-refractivity contribution in [1.82, 2.24) is 4.90 Å². The maximum atomic E-state index is 12.7. The summed E-state index contributed by atoms with van der Waals surface area (Å²) in [5, 5.41) is 0. The minimum Gasteiger partial charge on any atom is -0.469 e. The van der Waals surface area contributed by atoms with Crippen molar-refractivity contribution in [2.75, 3.05) is 13.7 Å². The number of nitrogens with zero attached hydrogens (tertiary/aromatic N) is 1. The number of hydrogen-bond acceptors (Lipinski definition) is 3. The SMILES string of the molecule is COC(=O)CCN(Cc1ccccc1)C(=O)c1ccc(Br)cc1. The zero-order chi connectivity index (χ0) is 16.7. The van der Waals surface area contributed by atoms with Crippen LogP contribution in [-0.2, 0) is 16.1 Å². The van der Waals surface area contributed by atoms with Crippen molar-refractivity contribution in [1.29, 1.82) is 0 Å². The van der Waals surface area contributed by atoms with Gasteiger partial charge in [0.25, 0.3) is 5.91 Å². The zero-order valence-electron chi connectivity index (χ0n) is 12.9. The molecule has 1 amide bonds. The highest BCUT2D eigenvalue weighted by molar-refractivity contribution is 9.10. The Kier molecular flexibility index (Phi) is 6.35. The third kappa shape index (κ3) is 5.21. The number of carbonyl (C=O) groups excluding carboxylic acids is 2. The number of halogens is 1. The lowest BCUT2D eigenvalue weighted by Crippen LogP contribution is -2.32. The summed E-state index contributed by atoms with van der Waals surface area (Å²) < 4.78 is 5.58. The molecule has 0 aliphatic carbocycles. The molecule has 0 atom stereocenters. The summed E-state index contributed by atoms with van der Waals surface area (Å²) in [6.45, 7) is 0.767. The number of methoxy groups -OCH3 is 1. The van der Waals surface area contributed by atoms with Crippen LogP contribution in [0.25, 0.3) is 0 Å². The lowest BCUT2D eigenvalue weighted by Gasteiger charge is -2.22. The Morgan fingerprint density at radius 3 is 2.30 bits per heavy atom. The van der Waals surface area contributed by atoms with Gasteiger partial charge in [0.15, 0.2) is 0 Å². The van der Waals surface area contributed by atoms with E-state index in [0.717, 1.165) is 10.0 Å². The number of ether oxygens (including phenoxy) is 1. The molecule has 23 heavy (non-hydrogen) atoms. The van der Waals surface area contributed by atoms with Crippen LogP contribution in [-0.4, -0.2) is 30.4 Å². The maximum absolute atomic E-state index is 12.7. The quantitative estimate of drug-likeness (QED) is 0.723. The molecule has 0 spiro atoms. The van der Waals surface area contributed by atoms with Gasteiger partial charge in [0.05, 0.1) is 13.5 Å². The van der Waals surface area contributed by atoms with E-state index in [2.05, 4.69) is 20.7 Å². The Morgan fingerprint density at radius 2 is 1.70 bits per heavy atom. The van der Waals surface area contributed by atoms with Crippen LogP contribution < -0.4 is 0 Å². The van der Waals surface area contributed by atoms with Crippen molar-refractivity contribution >= 4 is 27.8 Å². The first-order valence-electron chi connectivity index (χ1n) is 7.25. The molecule has 0 aromatic heterocycles. The number of esters is 1. The second-order valence-corrected chi connectivity index (χ2v) is 5.96. The molecular formula is C18H18BrNO3. The van der Waals surface area contributed by atoms with E-state index in [1.165, 1.54) is 7.11 Å². The minimum absolute atomic E-state index is 0.106. The number of rotatable bonds is 6. The molecular weight excluding hydrogens is 358 g/mol. The van der Waals surface area contributed by atoms with E-state index in [9.17, 15) is 9.59 Å². The molecule has 0 aliphatic heterocycles. The van der Waals surface area contributed by atoms with Gasteiger partial charge in [-0.15, -0.1) is 0 Å². The molecule has 2 rings (SSSR count). The molecule has 0 saturated heterocycles. The molecule has 0 bridgehead atoms. The molecule has 2 aromatic carbocycles. The highest BCUT2D eigenvalue weighted by Gasteiger charge is 2.17. The van der Waals surface area contributed by atoms with Crippen LogP contribution >= 0.6 is 15.9 Å². The van der Waals surface area contributed by atoms with E-state index in [-0.39, 0.29) is 18.3 Å². The maximum Gasteiger partial charge on any atom is 0.307 e. The third-order valence-corrected chi connectivity index (χ3v) is 3.94. The van der Waals surface area contributed by atoms with Gasteiger partial charge in [0, 0.05) is 23.1 Å². The van der Waals surface area contributed by atoms with Crippen LogP contribution in [0.2, 0.25) is 0 Å². The van der Waals surface area contributed by atoms with E-state index in [1.807, 2.05) is 42.5 Å². The summed E-state index contributed by atoms with van der Waals surface area (Å²) >= 11 is 3.36. The molecule has 0 aliphatic rings. The Labute approximate surface area is 144 Å². The van der Waals surface area contributed by atoms with Gasteiger partial charge in [-0.1, -0.05) is 46.3 Å². The van der Waals surface area contributed by atoms with Crippen molar-refractivity contribution in [3.05, 3.63) is 70.2 Å². The predicted molar refractivity (Wildman–Crippen MR) is 92.0 cm³/mol. The smallest absolute Gasteiger partial charge is 0.307 e. The summed E-state index contributed by atoms with van der Waals surface area (Å²) in [4.78, 5) is 25.8. The minimum atomic E-state index is -0.327. The summed E-state index contributed by atoms with van der Waals surface area (Å²) in [7, 11) is 1.35. The summed E-state index contributed by atoms with van der Waals surface area (Å²) in [6, 6.07) is 16.9. The molecule has 0 heterocycles. The van der Waals surface area contributed by atoms with E-state index in [0.29, 0.717) is 18.7 Å². The molecule has 0 saturated carbocycles. The molecule has 0 N–H and O–H groups in total. The molecule has 5 heteroatoms. The lowest BCUT2D eigenvalue weighted by molar-refractivity contribution is -0.140. The van der Waals surface area contributed by atoms with E-state index in [4.69, 9.17) is 0 Å². The lowest BCUT2D eigenvalue weighted by atomic mass is 10.1. The molecule has 0 fully saturated rings. The fourth-order valence-corrected chi connectivity index (χ4v) is 2.42. The molecule has 0 unspecified atom stereocenters. The largest absolute Gasteiger partial charge is 0.469 e. The number of carbonyl (C=O) groups is 2. The first-order chi connectivity index (χ1) is 11.1. The molecule has 2 aromatic rings. The average Bonchev–Trinajstić information content (AvgIpc) is 2.59. The van der Waals surface area contributed by atoms with Crippen molar-refractivity contribution in [2.24, 2.45) is 0 Å². The van der Waals surface area contributed by atoms with Crippen LogP contribution in [0.1, 0.15) is 22.3 Å². The fraction of sp³-hybridized carbons (Fsp3) is 0.222. The first kappa shape index (κ1) is 17.2. The van der Waals surface area contributed by atoms with Gasteiger partial charge in [-0.05, 0) is 29.8 Å². The van der Waals surface area contributed by atoms with E-state index < -0.39 is 0 Å². The fourth-order valence-electron chi connectivity index (χ4n) is 2.16. The highest BCUT2D eigenvalue weighted by atomic mass is 79.9. The highest BCUT2D eigenvalue weighted by Crippen LogP contribution is 2.14. The first-order valence-corrected chi connectivity index (χ1v) is 8.05. The van der Waals surface area contributed by atoms with Gasteiger partial charge in [-0.25, -0.2) is 0 Å². The summed E-state index contributed by atoms with van der Waals surface area (Å²) in [5.41, 5.74) is 1.61. The predicted octanol–water partition coefficient (Wildman–Crippen LogP) is 3.65. The van der Waals surface area contributed by atoms with Crippen LogP contribution in [0.3, 0.4) is 0 Å². The number of hydrogen-bond donors (Lipinski definition) is 0. The summed E-state index contributed by atoms with van der Waals surface area (Å²) in [6.07, 6.45) is 0.172. The van der Waals surface area contributed by atoms with E-state index in [1.54, 1.807) is 17.0 Å². The molecule has 4 nitrogen and oxygen atoms in total. The van der Waals surface area contributed by atoms with Crippen LogP contribution in [0.5, 0.6) is 0 Å². The summed E-state index contributed by atoms with van der Waals surface area (Å²) in [5.74, 6) is -0.433. The normalized spacial score (nSPS) is 10.2. The monoisotopic (exact) mass is 375 g/mol. The van der Waals surface area contributed by atoms with Gasteiger partial charge in [-0.3, -0.25) is 9.59 Å². The Morgan fingerprint density at radius 1 is 1.04 bits per heavy atom.